The summed E-state index contributed by atoms with van der Waals surface area (Å²) >= 11 is 5.67. The second kappa shape index (κ2) is 13.1. The van der Waals surface area contributed by atoms with Crippen molar-refractivity contribution in [3.8, 4) is 18.5 Å². The highest BCUT2D eigenvalue weighted by atomic mass is 35.5. The Morgan fingerprint density at radius 3 is 2.61 bits per heavy atom. The number of nitrogens with zero attached hydrogens (tertiary/aromatic N) is 6. The Hall–Kier alpha value is -3.89. The molecule has 202 valence electrons. The van der Waals surface area contributed by atoms with Crippen LogP contribution >= 0.6 is 11.6 Å². The van der Waals surface area contributed by atoms with Gasteiger partial charge in [0.2, 0.25) is 6.19 Å². The maximum absolute atomic E-state index is 12.2. The van der Waals surface area contributed by atoms with Crippen molar-refractivity contribution in [2.75, 3.05) is 26.9 Å². The molecule has 2 unspecified atom stereocenters. The molecule has 2 atom stereocenters. The molecule has 3 rings (SSSR count). The van der Waals surface area contributed by atoms with Gasteiger partial charge in [0.25, 0.3) is 5.91 Å². The number of esters is 1. The van der Waals surface area contributed by atoms with Gasteiger partial charge in [-0.25, -0.2) is 14.7 Å². The summed E-state index contributed by atoms with van der Waals surface area (Å²) in [5.74, 6) is 2.09. The highest BCUT2D eigenvalue weighted by molar-refractivity contribution is 6.29. The van der Waals surface area contributed by atoms with Gasteiger partial charge in [-0.15, -0.1) is 6.42 Å². The fraction of sp³-hybridized carbons (Fsp3) is 0.481. The van der Waals surface area contributed by atoms with Crippen LogP contribution in [0.5, 0.6) is 0 Å². The summed E-state index contributed by atoms with van der Waals surface area (Å²) in [7, 11) is 1.87. The third-order valence-electron chi connectivity index (χ3n) is 6.40. The Balaban J connectivity index is 0.000000293. The van der Waals surface area contributed by atoms with E-state index in [2.05, 4.69) is 22.0 Å². The number of allylic oxidation sites excluding steroid dienone is 2. The van der Waals surface area contributed by atoms with Gasteiger partial charge in [-0.3, -0.25) is 9.59 Å². The van der Waals surface area contributed by atoms with Crippen LogP contribution in [0.4, 0.5) is 4.79 Å². The van der Waals surface area contributed by atoms with Crippen molar-refractivity contribution in [2.24, 2.45) is 22.2 Å². The van der Waals surface area contributed by atoms with Crippen LogP contribution in [0.25, 0.3) is 0 Å². The van der Waals surface area contributed by atoms with Gasteiger partial charge in [0.05, 0.1) is 12.5 Å². The normalized spacial score (nSPS) is 19.6. The Morgan fingerprint density at radius 1 is 1.37 bits per heavy atom. The smallest absolute Gasteiger partial charge is 0.330 e. The first-order valence-electron chi connectivity index (χ1n) is 11.9. The number of terminal acetylenes is 1. The number of rotatable bonds is 7. The molecule has 0 radical (unpaired) electrons. The number of amides is 3. The lowest BCUT2D eigenvalue weighted by Gasteiger charge is -2.17. The lowest BCUT2D eigenvalue weighted by Crippen LogP contribution is -2.36. The summed E-state index contributed by atoms with van der Waals surface area (Å²) in [4.78, 5) is 47.7. The van der Waals surface area contributed by atoms with Crippen molar-refractivity contribution in [1.82, 2.24) is 19.7 Å². The van der Waals surface area contributed by atoms with Crippen molar-refractivity contribution in [2.45, 2.75) is 41.2 Å². The van der Waals surface area contributed by atoms with Crippen LogP contribution in [0.2, 0.25) is 5.15 Å². The molecular formula is C27H33ClN6O4. The third-order valence-corrected chi connectivity index (χ3v) is 6.62. The van der Waals surface area contributed by atoms with E-state index in [4.69, 9.17) is 28.0 Å². The van der Waals surface area contributed by atoms with E-state index < -0.39 is 11.9 Å². The van der Waals surface area contributed by atoms with E-state index >= 15 is 0 Å². The van der Waals surface area contributed by atoms with Crippen molar-refractivity contribution < 1.29 is 19.1 Å². The van der Waals surface area contributed by atoms with Gasteiger partial charge >= 0.3 is 12.0 Å². The van der Waals surface area contributed by atoms with Gasteiger partial charge in [-0.1, -0.05) is 49.1 Å². The summed E-state index contributed by atoms with van der Waals surface area (Å²) in [6, 6.07) is 3.11. The number of nitriles is 1. The average Bonchev–Trinajstić information content (AvgIpc) is 3.26. The molecule has 38 heavy (non-hydrogen) atoms. The summed E-state index contributed by atoms with van der Waals surface area (Å²) in [5, 5.41) is 8.87. The number of ether oxygens (including phenoxy) is 1. The number of hydrogen-bond donors (Lipinski definition) is 0. The van der Waals surface area contributed by atoms with Gasteiger partial charge in [0.1, 0.15) is 17.5 Å². The molecule has 3 amide bonds. The molecule has 0 spiro atoms. The molecule has 1 aromatic heterocycles. The minimum Gasteiger partial charge on any atom is -0.443 e. The quantitative estimate of drug-likeness (QED) is 0.0756. The molecule has 1 saturated heterocycles. The number of urea groups is 1. The second-order valence-corrected chi connectivity index (χ2v) is 10.3. The van der Waals surface area contributed by atoms with E-state index in [0.29, 0.717) is 17.5 Å². The molecule has 1 saturated carbocycles. The Labute approximate surface area is 228 Å². The van der Waals surface area contributed by atoms with Crippen LogP contribution in [-0.4, -0.2) is 70.3 Å². The third kappa shape index (κ3) is 7.80. The fourth-order valence-electron chi connectivity index (χ4n) is 4.02. The maximum Gasteiger partial charge on any atom is 0.330 e. The van der Waals surface area contributed by atoms with Gasteiger partial charge in [0, 0.05) is 19.8 Å². The van der Waals surface area contributed by atoms with Crippen LogP contribution in [0.15, 0.2) is 35.0 Å². The van der Waals surface area contributed by atoms with E-state index in [0.717, 1.165) is 16.0 Å². The van der Waals surface area contributed by atoms with Gasteiger partial charge < -0.3 is 14.5 Å². The fourth-order valence-corrected chi connectivity index (χ4v) is 4.13. The maximum atomic E-state index is 12.2. The molecule has 10 nitrogen and oxygen atoms in total. The number of carbonyl (C=O) groups excluding carboxylic acids is 3. The molecular weight excluding hydrogens is 508 g/mol. The number of amidine groups is 1. The minimum atomic E-state index is -0.517. The van der Waals surface area contributed by atoms with Crippen LogP contribution in [0, 0.1) is 41.0 Å². The largest absolute Gasteiger partial charge is 0.443 e. The zero-order valence-electron chi connectivity index (χ0n) is 22.6. The van der Waals surface area contributed by atoms with Gasteiger partial charge in [-0.2, -0.15) is 10.3 Å². The zero-order valence-corrected chi connectivity index (χ0v) is 23.3. The Morgan fingerprint density at radius 2 is 2.05 bits per heavy atom. The molecule has 2 aliphatic rings. The SMILES string of the molecule is C#CCN1CC(=O)N(COC(=O)C2C(C=C(C)C)C2(C)C)C1=O.C/C(=N\C#N)N(C)Cc1ccc(Cl)nc1. The molecule has 2 heterocycles. The highest BCUT2D eigenvalue weighted by Gasteiger charge is 2.61. The summed E-state index contributed by atoms with van der Waals surface area (Å²) < 4.78 is 5.20. The predicted octanol–water partition coefficient (Wildman–Crippen LogP) is 3.69. The molecule has 1 aliphatic carbocycles. The molecule has 1 aliphatic heterocycles. The van der Waals surface area contributed by atoms with Gasteiger partial charge in [0.15, 0.2) is 6.73 Å². The molecule has 11 heteroatoms. The van der Waals surface area contributed by atoms with E-state index in [-0.39, 0.29) is 43.0 Å². The second-order valence-electron chi connectivity index (χ2n) is 9.93. The van der Waals surface area contributed by atoms with Crippen molar-refractivity contribution in [3.05, 3.63) is 40.7 Å². The molecule has 0 bridgehead atoms. The first-order chi connectivity index (χ1) is 17.8. The molecule has 1 aromatic rings. The van der Waals surface area contributed by atoms with E-state index in [1.807, 2.05) is 45.7 Å². The summed E-state index contributed by atoms with van der Waals surface area (Å²) in [6.07, 6.45) is 10.7. The molecule has 0 aromatic carbocycles. The van der Waals surface area contributed by atoms with Crippen LogP contribution in [-0.2, 0) is 20.9 Å². The predicted molar refractivity (Wildman–Crippen MR) is 143 cm³/mol. The van der Waals surface area contributed by atoms with Crippen LogP contribution < -0.4 is 0 Å². The van der Waals surface area contributed by atoms with Crippen LogP contribution in [0.1, 0.15) is 40.2 Å². The number of carbonyl (C=O) groups is 3. The number of halogens is 1. The van der Waals surface area contributed by atoms with Crippen LogP contribution in [0.3, 0.4) is 0 Å². The minimum absolute atomic E-state index is 0.0628. The van der Waals surface area contributed by atoms with E-state index in [1.54, 1.807) is 25.4 Å². The first-order valence-corrected chi connectivity index (χ1v) is 12.3. The lowest BCUT2D eigenvalue weighted by molar-refractivity contribution is -0.151. The standard InChI is InChI=1S/C17H22N2O4.C10H11ClN4/c1-6-7-18-9-13(20)19(16(18)22)10-23-15(21)14-12(8-11(2)3)17(14,4)5;1-8(14-7-12)15(2)6-9-3-4-10(11)13-5-9/h1,8,12,14H,7,9-10H2,2-5H3;3-5H,6H2,1-2H3/b;14-8+. The van der Waals surface area contributed by atoms with E-state index in [9.17, 15) is 14.4 Å². The Bertz CT molecular complexity index is 1190. The number of aromatic nitrogens is 1. The average molecular weight is 541 g/mol. The van der Waals surface area contributed by atoms with Crippen molar-refractivity contribution >= 4 is 35.3 Å². The highest BCUT2D eigenvalue weighted by Crippen LogP contribution is 2.59. The Kier molecular flexibility index (Phi) is 10.4. The lowest BCUT2D eigenvalue weighted by atomic mass is 10.1. The summed E-state index contributed by atoms with van der Waals surface area (Å²) in [6.45, 7) is 10.0. The number of imide groups is 1. The number of hydrogen-bond acceptors (Lipinski definition) is 7. The van der Waals surface area contributed by atoms with Gasteiger partial charge in [-0.05, 0) is 43.7 Å². The monoisotopic (exact) mass is 540 g/mol. The number of pyridine rings is 1. The number of aliphatic imine (C=N–C) groups is 1. The first kappa shape index (κ1) is 30.3. The molecule has 0 N–H and O–H groups in total. The molecule has 2 fully saturated rings. The van der Waals surface area contributed by atoms with Crippen molar-refractivity contribution in [1.29, 1.82) is 5.26 Å². The zero-order chi connectivity index (χ0) is 28.6. The van der Waals surface area contributed by atoms with E-state index in [1.165, 1.54) is 4.90 Å². The summed E-state index contributed by atoms with van der Waals surface area (Å²) in [5.41, 5.74) is 2.01. The van der Waals surface area contributed by atoms with Crippen molar-refractivity contribution in [3.63, 3.8) is 0 Å². The topological polar surface area (TPSA) is 119 Å².